The molecule has 1 N–H and O–H groups in total. The zero-order chi connectivity index (χ0) is 14.8. The molecule has 2 heterocycles. The Kier molecular flexibility index (Phi) is 4.45. The number of ether oxygens (including phenoxy) is 1. The Balaban J connectivity index is 1.87. The van der Waals surface area contributed by atoms with Crippen LogP contribution in [0.2, 0.25) is 0 Å². The number of likely N-dealkylation sites (tertiary alicyclic amines) is 1. The van der Waals surface area contributed by atoms with E-state index >= 15 is 0 Å². The molecule has 6 nitrogen and oxygen atoms in total. The van der Waals surface area contributed by atoms with Crippen LogP contribution in [-0.4, -0.2) is 51.1 Å². The van der Waals surface area contributed by atoms with Gasteiger partial charge in [-0.2, -0.15) is 5.10 Å². The maximum Gasteiger partial charge on any atom is 0.329 e. The third-order valence-corrected chi connectivity index (χ3v) is 3.62. The van der Waals surface area contributed by atoms with Crippen LogP contribution in [0.1, 0.15) is 32.2 Å². The Morgan fingerprint density at radius 3 is 2.75 bits per heavy atom. The number of carbonyl (C=O) groups is 1. The molecule has 1 aromatic rings. The fourth-order valence-corrected chi connectivity index (χ4v) is 2.66. The predicted molar refractivity (Wildman–Crippen MR) is 74.5 cm³/mol. The molecular formula is C14H23N3O3. The summed E-state index contributed by atoms with van der Waals surface area (Å²) in [7, 11) is 0. The van der Waals surface area contributed by atoms with E-state index in [9.17, 15) is 4.79 Å². The quantitative estimate of drug-likeness (QED) is 0.812. The van der Waals surface area contributed by atoms with E-state index in [0.717, 1.165) is 38.3 Å². The highest BCUT2D eigenvalue weighted by atomic mass is 16.5. The Bertz CT molecular complexity index is 478. The van der Waals surface area contributed by atoms with Gasteiger partial charge in [-0.1, -0.05) is 6.92 Å². The Morgan fingerprint density at radius 2 is 2.20 bits per heavy atom. The third-order valence-electron chi connectivity index (χ3n) is 3.62. The van der Waals surface area contributed by atoms with E-state index < -0.39 is 5.97 Å². The largest absolute Gasteiger partial charge is 0.480 e. The van der Waals surface area contributed by atoms with Gasteiger partial charge in [-0.05, 0) is 26.3 Å². The van der Waals surface area contributed by atoms with Crippen molar-refractivity contribution in [3.8, 4) is 0 Å². The molecule has 1 fully saturated rings. The monoisotopic (exact) mass is 281 g/mol. The van der Waals surface area contributed by atoms with Crippen molar-refractivity contribution >= 4 is 5.97 Å². The van der Waals surface area contributed by atoms with E-state index in [1.165, 1.54) is 5.69 Å². The summed E-state index contributed by atoms with van der Waals surface area (Å²) in [6, 6.07) is 2.15. The smallest absolute Gasteiger partial charge is 0.329 e. The minimum atomic E-state index is -0.915. The summed E-state index contributed by atoms with van der Waals surface area (Å²) < 4.78 is 7.45. The highest BCUT2D eigenvalue weighted by molar-refractivity contribution is 5.68. The minimum absolute atomic E-state index is 0.225. The van der Waals surface area contributed by atoms with Gasteiger partial charge in [-0.3, -0.25) is 9.58 Å². The molecule has 2 rings (SSSR count). The summed E-state index contributed by atoms with van der Waals surface area (Å²) in [4.78, 5) is 12.8. The lowest BCUT2D eigenvalue weighted by Crippen LogP contribution is -2.61. The van der Waals surface area contributed by atoms with Gasteiger partial charge in [0, 0.05) is 26.2 Å². The maximum absolute atomic E-state index is 10.5. The van der Waals surface area contributed by atoms with E-state index in [1.54, 1.807) is 0 Å². The number of aliphatic carboxylic acids is 1. The van der Waals surface area contributed by atoms with Gasteiger partial charge in [0.1, 0.15) is 6.61 Å². The van der Waals surface area contributed by atoms with Crippen LogP contribution in [0.3, 0.4) is 0 Å². The van der Waals surface area contributed by atoms with Gasteiger partial charge in [0.15, 0.2) is 0 Å². The van der Waals surface area contributed by atoms with Gasteiger partial charge in [0.05, 0.1) is 17.0 Å². The summed E-state index contributed by atoms with van der Waals surface area (Å²) in [5, 5.41) is 13.2. The van der Waals surface area contributed by atoms with E-state index in [0.29, 0.717) is 0 Å². The molecule has 0 radical (unpaired) electrons. The Labute approximate surface area is 119 Å². The van der Waals surface area contributed by atoms with Crippen molar-refractivity contribution in [3.63, 3.8) is 0 Å². The number of carboxylic acids is 1. The fraction of sp³-hybridized carbons (Fsp3) is 0.714. The molecule has 6 heteroatoms. The van der Waals surface area contributed by atoms with E-state index in [4.69, 9.17) is 9.84 Å². The molecule has 1 aliphatic heterocycles. The topological polar surface area (TPSA) is 67.6 Å². The first kappa shape index (κ1) is 15.0. The first-order chi connectivity index (χ1) is 9.45. The van der Waals surface area contributed by atoms with Crippen molar-refractivity contribution < 1.29 is 14.6 Å². The summed E-state index contributed by atoms with van der Waals surface area (Å²) in [6.07, 6.45) is 0.944. The summed E-state index contributed by atoms with van der Waals surface area (Å²) >= 11 is 0. The van der Waals surface area contributed by atoms with Crippen LogP contribution >= 0.6 is 0 Å². The molecular weight excluding hydrogens is 258 g/mol. The molecule has 0 atom stereocenters. The van der Waals surface area contributed by atoms with Crippen LogP contribution in [0.5, 0.6) is 0 Å². The second kappa shape index (κ2) is 5.93. The number of hydrogen-bond donors (Lipinski definition) is 1. The standard InChI is InChI=1S/C14H23N3O3/c1-4-11-6-12(17(5-2)15-11)7-16-9-14(3,10-16)20-8-13(18)19/h6H,4-5,7-10H2,1-3H3,(H,18,19). The van der Waals surface area contributed by atoms with Gasteiger partial charge in [-0.15, -0.1) is 0 Å². The molecule has 1 aliphatic rings. The molecule has 112 valence electrons. The molecule has 0 unspecified atom stereocenters. The number of aromatic nitrogens is 2. The normalized spacial score (nSPS) is 17.9. The summed E-state index contributed by atoms with van der Waals surface area (Å²) in [5.74, 6) is -0.915. The van der Waals surface area contributed by atoms with Crippen molar-refractivity contribution in [1.82, 2.24) is 14.7 Å². The maximum atomic E-state index is 10.5. The number of rotatable bonds is 7. The average Bonchev–Trinajstić information content (AvgIpc) is 2.77. The number of carboxylic acid groups (broad SMARTS) is 1. The summed E-state index contributed by atoms with van der Waals surface area (Å²) in [6.45, 7) is 9.16. The second-order valence-electron chi connectivity index (χ2n) is 5.57. The lowest BCUT2D eigenvalue weighted by molar-refractivity contribution is -0.166. The highest BCUT2D eigenvalue weighted by Crippen LogP contribution is 2.26. The third kappa shape index (κ3) is 3.37. The minimum Gasteiger partial charge on any atom is -0.480 e. The SMILES string of the molecule is CCc1cc(CN2CC(C)(OCC(=O)O)C2)n(CC)n1. The van der Waals surface area contributed by atoms with E-state index in [-0.39, 0.29) is 12.2 Å². The lowest BCUT2D eigenvalue weighted by Gasteiger charge is -2.47. The van der Waals surface area contributed by atoms with E-state index in [1.807, 2.05) is 11.6 Å². The van der Waals surface area contributed by atoms with Crippen molar-refractivity contribution in [1.29, 1.82) is 0 Å². The van der Waals surface area contributed by atoms with Crippen molar-refractivity contribution in [2.75, 3.05) is 19.7 Å². The number of nitrogens with zero attached hydrogens (tertiary/aromatic N) is 3. The molecule has 0 amide bonds. The van der Waals surface area contributed by atoms with Crippen LogP contribution in [-0.2, 0) is 29.0 Å². The fourth-order valence-electron chi connectivity index (χ4n) is 2.66. The highest BCUT2D eigenvalue weighted by Gasteiger charge is 2.40. The zero-order valence-corrected chi connectivity index (χ0v) is 12.4. The zero-order valence-electron chi connectivity index (χ0n) is 12.4. The molecule has 0 saturated carbocycles. The van der Waals surface area contributed by atoms with Gasteiger partial charge >= 0.3 is 5.97 Å². The van der Waals surface area contributed by atoms with Gasteiger partial charge in [-0.25, -0.2) is 4.79 Å². The molecule has 0 aromatic carbocycles. The molecule has 0 aliphatic carbocycles. The molecule has 1 saturated heterocycles. The van der Waals surface area contributed by atoms with Crippen molar-refractivity contribution in [2.45, 2.75) is 45.9 Å². The van der Waals surface area contributed by atoms with Crippen LogP contribution in [0.25, 0.3) is 0 Å². The van der Waals surface area contributed by atoms with Crippen LogP contribution in [0, 0.1) is 0 Å². The van der Waals surface area contributed by atoms with Crippen LogP contribution < -0.4 is 0 Å². The molecule has 20 heavy (non-hydrogen) atoms. The first-order valence-electron chi connectivity index (χ1n) is 7.09. The van der Waals surface area contributed by atoms with Crippen molar-refractivity contribution in [2.24, 2.45) is 0 Å². The van der Waals surface area contributed by atoms with Gasteiger partial charge in [0.2, 0.25) is 0 Å². The Hall–Kier alpha value is -1.40. The predicted octanol–water partition coefficient (Wildman–Crippen LogP) is 1.14. The number of aryl methyl sites for hydroxylation is 2. The van der Waals surface area contributed by atoms with Crippen molar-refractivity contribution in [3.05, 3.63) is 17.5 Å². The number of hydrogen-bond acceptors (Lipinski definition) is 4. The molecule has 0 bridgehead atoms. The second-order valence-corrected chi connectivity index (χ2v) is 5.57. The van der Waals surface area contributed by atoms with Crippen LogP contribution in [0.4, 0.5) is 0 Å². The van der Waals surface area contributed by atoms with Gasteiger partial charge < -0.3 is 9.84 Å². The Morgan fingerprint density at radius 1 is 1.50 bits per heavy atom. The van der Waals surface area contributed by atoms with Gasteiger partial charge in [0.25, 0.3) is 0 Å². The average molecular weight is 281 g/mol. The molecule has 0 spiro atoms. The summed E-state index contributed by atoms with van der Waals surface area (Å²) in [5.41, 5.74) is 2.00. The lowest BCUT2D eigenvalue weighted by atomic mass is 9.96. The van der Waals surface area contributed by atoms with Crippen LogP contribution in [0.15, 0.2) is 6.07 Å². The van der Waals surface area contributed by atoms with E-state index in [2.05, 4.69) is 29.9 Å². The first-order valence-corrected chi connectivity index (χ1v) is 7.09. The molecule has 1 aromatic heterocycles.